The highest BCUT2D eigenvalue weighted by atomic mass is 16.3. The number of hydrogen-bond donors (Lipinski definition) is 1. The lowest BCUT2D eigenvalue weighted by Gasteiger charge is -2.10. The molecule has 0 radical (unpaired) electrons. The highest BCUT2D eigenvalue weighted by Crippen LogP contribution is 2.12. The Morgan fingerprint density at radius 3 is 2.53 bits per heavy atom. The first-order chi connectivity index (χ1) is 7.15. The largest absolute Gasteiger partial charge is 0.388 e. The minimum absolute atomic E-state index is 0.0438. The number of hydrogen-bond acceptors (Lipinski definition) is 2. The summed E-state index contributed by atoms with van der Waals surface area (Å²) in [7, 11) is 0. The molecular formula is C13H16O2. The molecule has 1 aromatic carbocycles. The van der Waals surface area contributed by atoms with Gasteiger partial charge in [-0.1, -0.05) is 43.8 Å². The average Bonchev–Trinajstić information content (AvgIpc) is 2.29. The number of carbonyl (C=O) groups excluding carboxylic acids is 1. The van der Waals surface area contributed by atoms with Gasteiger partial charge in [-0.3, -0.25) is 4.79 Å². The first-order valence-electron chi connectivity index (χ1n) is 5.09. The predicted octanol–water partition coefficient (Wildman–Crippen LogP) is 2.59. The van der Waals surface area contributed by atoms with Gasteiger partial charge in [-0.25, -0.2) is 0 Å². The lowest BCUT2D eigenvalue weighted by Crippen LogP contribution is -2.15. The van der Waals surface area contributed by atoms with E-state index in [1.54, 1.807) is 12.1 Å². The van der Waals surface area contributed by atoms with E-state index in [-0.39, 0.29) is 12.2 Å². The highest BCUT2D eigenvalue weighted by Gasteiger charge is 2.13. The van der Waals surface area contributed by atoms with E-state index in [4.69, 9.17) is 0 Å². The molecule has 0 amide bonds. The van der Waals surface area contributed by atoms with Gasteiger partial charge in [-0.15, -0.1) is 0 Å². The third kappa shape index (κ3) is 3.33. The minimum Gasteiger partial charge on any atom is -0.388 e. The molecular weight excluding hydrogens is 188 g/mol. The molecule has 1 unspecified atom stereocenters. The van der Waals surface area contributed by atoms with E-state index < -0.39 is 6.10 Å². The summed E-state index contributed by atoms with van der Waals surface area (Å²) in [6.45, 7) is 5.63. The summed E-state index contributed by atoms with van der Waals surface area (Å²) < 4.78 is 0. The Balaban J connectivity index is 2.61. The zero-order valence-electron chi connectivity index (χ0n) is 8.94. The fourth-order valence-electron chi connectivity index (χ4n) is 1.30. The molecule has 1 rings (SSSR count). The van der Waals surface area contributed by atoms with Crippen molar-refractivity contribution in [2.75, 3.05) is 0 Å². The number of aliphatic hydroxyl groups is 1. The molecule has 0 aliphatic heterocycles. The fourth-order valence-corrected chi connectivity index (χ4v) is 1.30. The van der Waals surface area contributed by atoms with Crippen molar-refractivity contribution < 1.29 is 9.90 Å². The summed E-state index contributed by atoms with van der Waals surface area (Å²) >= 11 is 0. The number of aliphatic hydroxyl groups excluding tert-OH is 1. The van der Waals surface area contributed by atoms with Gasteiger partial charge in [-0.05, 0) is 12.0 Å². The molecule has 0 bridgehead atoms. The molecule has 0 saturated heterocycles. The van der Waals surface area contributed by atoms with Gasteiger partial charge in [0.05, 0.1) is 6.10 Å². The Morgan fingerprint density at radius 2 is 2.00 bits per heavy atom. The second-order valence-corrected chi connectivity index (χ2v) is 3.52. The highest BCUT2D eigenvalue weighted by molar-refractivity contribution is 5.96. The van der Waals surface area contributed by atoms with Crippen LogP contribution in [-0.4, -0.2) is 17.0 Å². The van der Waals surface area contributed by atoms with Gasteiger partial charge in [-0.2, -0.15) is 0 Å². The van der Waals surface area contributed by atoms with E-state index in [1.165, 1.54) is 0 Å². The molecule has 1 aromatic rings. The fraction of sp³-hybridized carbons (Fsp3) is 0.308. The van der Waals surface area contributed by atoms with Gasteiger partial charge in [0.2, 0.25) is 0 Å². The van der Waals surface area contributed by atoms with Crippen molar-refractivity contribution in [3.63, 3.8) is 0 Å². The quantitative estimate of drug-likeness (QED) is 0.591. The lowest BCUT2D eigenvalue weighted by molar-refractivity contribution is 0.0912. The van der Waals surface area contributed by atoms with Crippen LogP contribution < -0.4 is 0 Å². The number of benzene rings is 1. The molecule has 0 aromatic heterocycles. The maximum atomic E-state index is 11.7. The number of carbonyl (C=O) groups is 1. The Labute approximate surface area is 90.3 Å². The Bertz CT molecular complexity index is 341. The smallest absolute Gasteiger partial charge is 0.165 e. The summed E-state index contributed by atoms with van der Waals surface area (Å²) in [4.78, 5) is 11.7. The monoisotopic (exact) mass is 204 g/mol. The third-order valence-electron chi connectivity index (χ3n) is 2.40. The Kier molecular flexibility index (Phi) is 4.25. The van der Waals surface area contributed by atoms with Gasteiger partial charge in [0.15, 0.2) is 5.78 Å². The van der Waals surface area contributed by atoms with Gasteiger partial charge in [0, 0.05) is 12.0 Å². The van der Waals surface area contributed by atoms with Crippen LogP contribution in [0.5, 0.6) is 0 Å². The van der Waals surface area contributed by atoms with Crippen molar-refractivity contribution in [2.24, 2.45) is 0 Å². The molecule has 0 aliphatic rings. The predicted molar refractivity (Wildman–Crippen MR) is 60.8 cm³/mol. The van der Waals surface area contributed by atoms with Crippen LogP contribution in [0.3, 0.4) is 0 Å². The molecule has 0 fully saturated rings. The molecule has 0 spiro atoms. The first-order valence-corrected chi connectivity index (χ1v) is 5.09. The summed E-state index contributed by atoms with van der Waals surface area (Å²) in [5.74, 6) is -0.0438. The molecule has 1 atom stereocenters. The van der Waals surface area contributed by atoms with Gasteiger partial charge in [0.25, 0.3) is 0 Å². The SMILES string of the molecule is C=C(CC)C(O)CC(=O)c1ccccc1. The third-order valence-corrected chi connectivity index (χ3v) is 2.40. The molecule has 0 heterocycles. The minimum atomic E-state index is -0.720. The molecule has 2 nitrogen and oxygen atoms in total. The average molecular weight is 204 g/mol. The number of ketones is 1. The topological polar surface area (TPSA) is 37.3 Å². The van der Waals surface area contributed by atoms with Crippen molar-refractivity contribution in [3.05, 3.63) is 48.0 Å². The lowest BCUT2D eigenvalue weighted by atomic mass is 10.00. The van der Waals surface area contributed by atoms with E-state index in [0.29, 0.717) is 17.6 Å². The zero-order chi connectivity index (χ0) is 11.3. The van der Waals surface area contributed by atoms with E-state index in [9.17, 15) is 9.90 Å². The number of Topliss-reactive ketones (excluding diaryl/α,β-unsaturated/α-hetero) is 1. The number of rotatable bonds is 5. The Hall–Kier alpha value is -1.41. The van der Waals surface area contributed by atoms with E-state index >= 15 is 0 Å². The van der Waals surface area contributed by atoms with Crippen LogP contribution in [0.1, 0.15) is 30.1 Å². The second-order valence-electron chi connectivity index (χ2n) is 3.52. The maximum Gasteiger partial charge on any atom is 0.165 e. The van der Waals surface area contributed by atoms with Crippen LogP contribution in [0, 0.1) is 0 Å². The van der Waals surface area contributed by atoms with Crippen molar-refractivity contribution in [1.29, 1.82) is 0 Å². The normalized spacial score (nSPS) is 12.1. The molecule has 1 N–H and O–H groups in total. The zero-order valence-corrected chi connectivity index (χ0v) is 8.94. The summed E-state index contributed by atoms with van der Waals surface area (Å²) in [6, 6.07) is 8.99. The summed E-state index contributed by atoms with van der Waals surface area (Å²) in [6.07, 6.45) is 0.0997. The summed E-state index contributed by atoms with van der Waals surface area (Å²) in [5, 5.41) is 9.63. The van der Waals surface area contributed by atoms with E-state index in [0.717, 1.165) is 0 Å². The van der Waals surface area contributed by atoms with Crippen LogP contribution in [0.4, 0.5) is 0 Å². The maximum absolute atomic E-state index is 11.7. The van der Waals surface area contributed by atoms with E-state index in [2.05, 4.69) is 6.58 Å². The van der Waals surface area contributed by atoms with Crippen LogP contribution in [-0.2, 0) is 0 Å². The van der Waals surface area contributed by atoms with Crippen LogP contribution in [0.2, 0.25) is 0 Å². The van der Waals surface area contributed by atoms with Crippen molar-refractivity contribution in [2.45, 2.75) is 25.9 Å². The van der Waals surface area contributed by atoms with Crippen LogP contribution in [0.25, 0.3) is 0 Å². The summed E-state index contributed by atoms with van der Waals surface area (Å²) in [5.41, 5.74) is 1.35. The van der Waals surface area contributed by atoms with Gasteiger partial charge < -0.3 is 5.11 Å². The van der Waals surface area contributed by atoms with Gasteiger partial charge >= 0.3 is 0 Å². The molecule has 0 saturated carbocycles. The van der Waals surface area contributed by atoms with Crippen LogP contribution >= 0.6 is 0 Å². The molecule has 80 valence electrons. The van der Waals surface area contributed by atoms with Gasteiger partial charge in [0.1, 0.15) is 0 Å². The van der Waals surface area contributed by atoms with Crippen molar-refractivity contribution in [1.82, 2.24) is 0 Å². The van der Waals surface area contributed by atoms with E-state index in [1.807, 2.05) is 25.1 Å². The van der Waals surface area contributed by atoms with Crippen molar-refractivity contribution in [3.8, 4) is 0 Å². The van der Waals surface area contributed by atoms with Crippen molar-refractivity contribution >= 4 is 5.78 Å². The molecule has 2 heteroatoms. The van der Waals surface area contributed by atoms with Crippen LogP contribution in [0.15, 0.2) is 42.5 Å². The standard InChI is InChI=1S/C13H16O2/c1-3-10(2)12(14)9-13(15)11-7-5-4-6-8-11/h4-8,12,14H,2-3,9H2,1H3. The first kappa shape index (κ1) is 11.7. The molecule has 15 heavy (non-hydrogen) atoms. The Morgan fingerprint density at radius 1 is 1.40 bits per heavy atom. The molecule has 0 aliphatic carbocycles. The second kappa shape index (κ2) is 5.47.